The summed E-state index contributed by atoms with van der Waals surface area (Å²) in [6, 6.07) is 0. The molecule has 0 amide bonds. The van der Waals surface area contributed by atoms with Gasteiger partial charge in [0.2, 0.25) is 0 Å². The minimum Gasteiger partial charge on any atom is -0.390 e. The maximum absolute atomic E-state index is 5.03. The van der Waals surface area contributed by atoms with Gasteiger partial charge >= 0.3 is 0 Å². The third kappa shape index (κ3) is 2.38. The van der Waals surface area contributed by atoms with Crippen molar-refractivity contribution in [3.8, 4) is 0 Å². The van der Waals surface area contributed by atoms with Crippen LogP contribution in [0.1, 0.15) is 0 Å². The molecule has 0 saturated heterocycles. The molecule has 1 heterocycles. The van der Waals surface area contributed by atoms with E-state index in [1.54, 1.807) is 0 Å². The standard InChI is InChI=1S/C8H13IN2O/c1-10-7-3-4-8(6-12-9)11(2)5-7/h3-4,10H,5-6H2,1-2H3. The lowest BCUT2D eigenvalue weighted by Crippen LogP contribution is -2.29. The molecule has 1 N–H and O–H groups in total. The van der Waals surface area contributed by atoms with Crippen molar-refractivity contribution in [3.63, 3.8) is 0 Å². The van der Waals surface area contributed by atoms with E-state index in [0.717, 1.165) is 6.54 Å². The summed E-state index contributed by atoms with van der Waals surface area (Å²) in [5, 5.41) is 3.13. The fourth-order valence-electron chi connectivity index (χ4n) is 1.11. The van der Waals surface area contributed by atoms with Crippen molar-refractivity contribution in [3.05, 3.63) is 23.5 Å². The van der Waals surface area contributed by atoms with Crippen LogP contribution >= 0.6 is 23.0 Å². The Morgan fingerprint density at radius 1 is 1.67 bits per heavy atom. The Kier molecular flexibility index (Phi) is 3.87. The maximum atomic E-state index is 5.03. The Morgan fingerprint density at radius 2 is 2.42 bits per heavy atom. The molecule has 0 unspecified atom stereocenters. The Hall–Kier alpha value is -0.230. The van der Waals surface area contributed by atoms with Crippen molar-refractivity contribution in [2.75, 3.05) is 27.2 Å². The second kappa shape index (κ2) is 4.71. The molecule has 0 fully saturated rings. The fraction of sp³-hybridized carbons (Fsp3) is 0.500. The van der Waals surface area contributed by atoms with Crippen molar-refractivity contribution < 1.29 is 3.07 Å². The van der Waals surface area contributed by atoms with E-state index >= 15 is 0 Å². The summed E-state index contributed by atoms with van der Waals surface area (Å²) in [7, 11) is 4.00. The first-order valence-electron chi connectivity index (χ1n) is 3.80. The van der Waals surface area contributed by atoms with Gasteiger partial charge in [-0.25, -0.2) is 0 Å². The van der Waals surface area contributed by atoms with Crippen molar-refractivity contribution >= 4 is 23.0 Å². The highest BCUT2D eigenvalue weighted by atomic mass is 127. The van der Waals surface area contributed by atoms with Crippen LogP contribution in [0.5, 0.6) is 0 Å². The zero-order chi connectivity index (χ0) is 8.97. The monoisotopic (exact) mass is 280 g/mol. The summed E-state index contributed by atoms with van der Waals surface area (Å²) >= 11 is 1.91. The van der Waals surface area contributed by atoms with E-state index in [9.17, 15) is 0 Å². The van der Waals surface area contributed by atoms with Crippen molar-refractivity contribution in [2.24, 2.45) is 0 Å². The molecule has 12 heavy (non-hydrogen) atoms. The van der Waals surface area contributed by atoms with Crippen LogP contribution in [0.3, 0.4) is 0 Å². The smallest absolute Gasteiger partial charge is 0.110 e. The molecule has 0 radical (unpaired) electrons. The first kappa shape index (κ1) is 9.85. The van der Waals surface area contributed by atoms with Gasteiger partial charge in [0.15, 0.2) is 0 Å². The summed E-state index contributed by atoms with van der Waals surface area (Å²) in [5.41, 5.74) is 2.44. The zero-order valence-electron chi connectivity index (χ0n) is 7.30. The Morgan fingerprint density at radius 3 is 2.92 bits per heavy atom. The molecule has 0 aromatic rings. The Bertz CT molecular complexity index is 213. The quantitative estimate of drug-likeness (QED) is 0.788. The summed E-state index contributed by atoms with van der Waals surface area (Å²) in [6.45, 7) is 1.60. The number of halogens is 1. The van der Waals surface area contributed by atoms with Gasteiger partial charge in [0, 0.05) is 25.5 Å². The average molecular weight is 280 g/mol. The van der Waals surface area contributed by atoms with Crippen LogP contribution < -0.4 is 5.32 Å². The van der Waals surface area contributed by atoms with Gasteiger partial charge in [-0.15, -0.1) is 0 Å². The molecule has 0 aromatic carbocycles. The highest BCUT2D eigenvalue weighted by Gasteiger charge is 2.09. The lowest BCUT2D eigenvalue weighted by atomic mass is 10.2. The van der Waals surface area contributed by atoms with Gasteiger partial charge in [0.1, 0.15) is 23.0 Å². The molecular weight excluding hydrogens is 267 g/mol. The first-order chi connectivity index (χ1) is 5.77. The number of nitrogens with one attached hydrogen (secondary N) is 1. The van der Waals surface area contributed by atoms with E-state index in [4.69, 9.17) is 3.07 Å². The van der Waals surface area contributed by atoms with Crippen LogP contribution in [-0.4, -0.2) is 32.1 Å². The van der Waals surface area contributed by atoms with Gasteiger partial charge in [-0.1, -0.05) is 0 Å². The van der Waals surface area contributed by atoms with E-state index in [1.165, 1.54) is 11.4 Å². The fourth-order valence-corrected chi connectivity index (χ4v) is 1.43. The third-order valence-electron chi connectivity index (χ3n) is 1.90. The van der Waals surface area contributed by atoms with Crippen LogP contribution in [0.2, 0.25) is 0 Å². The van der Waals surface area contributed by atoms with Gasteiger partial charge in [-0.3, -0.25) is 0 Å². The molecule has 1 aliphatic heterocycles. The number of allylic oxidation sites excluding steroid dienone is 2. The summed E-state index contributed by atoms with van der Waals surface area (Å²) < 4.78 is 5.03. The highest BCUT2D eigenvalue weighted by molar-refractivity contribution is 14.1. The highest BCUT2D eigenvalue weighted by Crippen LogP contribution is 2.11. The van der Waals surface area contributed by atoms with Gasteiger partial charge in [-0.2, -0.15) is 0 Å². The number of hydrogen-bond donors (Lipinski definition) is 1. The second-order valence-electron chi connectivity index (χ2n) is 2.71. The van der Waals surface area contributed by atoms with Crippen molar-refractivity contribution in [1.82, 2.24) is 10.2 Å². The molecule has 0 atom stereocenters. The van der Waals surface area contributed by atoms with E-state index < -0.39 is 0 Å². The molecule has 0 aliphatic carbocycles. The SMILES string of the molecule is CNC1=CC=C(COI)N(C)C1. The first-order valence-corrected chi connectivity index (χ1v) is 4.68. The van der Waals surface area contributed by atoms with Crippen LogP contribution in [0.25, 0.3) is 0 Å². The third-order valence-corrected chi connectivity index (χ3v) is 2.21. The molecule has 4 heteroatoms. The minimum atomic E-state index is 0.671. The summed E-state index contributed by atoms with van der Waals surface area (Å²) in [4.78, 5) is 2.17. The van der Waals surface area contributed by atoms with E-state index in [2.05, 4.69) is 29.4 Å². The molecule has 0 bridgehead atoms. The molecule has 0 aromatic heterocycles. The van der Waals surface area contributed by atoms with E-state index in [0.29, 0.717) is 6.61 Å². The lowest BCUT2D eigenvalue weighted by molar-refractivity contribution is 0.355. The summed E-state index contributed by atoms with van der Waals surface area (Å²) in [6.07, 6.45) is 4.17. The van der Waals surface area contributed by atoms with Crippen LogP contribution in [-0.2, 0) is 3.07 Å². The second-order valence-corrected chi connectivity index (χ2v) is 3.33. The molecule has 0 saturated carbocycles. The molecule has 1 rings (SSSR count). The van der Waals surface area contributed by atoms with Gasteiger partial charge in [0.25, 0.3) is 0 Å². The normalized spacial score (nSPS) is 17.1. The van der Waals surface area contributed by atoms with Crippen LogP contribution in [0.4, 0.5) is 0 Å². The lowest BCUT2D eigenvalue weighted by Gasteiger charge is -2.26. The number of likely N-dealkylation sites (N-methyl/N-ethyl adjacent to an activating group) is 2. The predicted octanol–water partition coefficient (Wildman–Crippen LogP) is 1.29. The predicted molar refractivity (Wildman–Crippen MR) is 57.8 cm³/mol. The molecule has 0 spiro atoms. The van der Waals surface area contributed by atoms with Gasteiger partial charge in [-0.05, 0) is 12.2 Å². The average Bonchev–Trinajstić information content (AvgIpc) is 2.09. The van der Waals surface area contributed by atoms with Crippen molar-refractivity contribution in [1.29, 1.82) is 0 Å². The number of rotatable bonds is 3. The Labute approximate surface area is 87.1 Å². The molecule has 68 valence electrons. The van der Waals surface area contributed by atoms with E-state index in [1.807, 2.05) is 30.1 Å². The van der Waals surface area contributed by atoms with Gasteiger partial charge < -0.3 is 13.3 Å². The largest absolute Gasteiger partial charge is 0.390 e. The maximum Gasteiger partial charge on any atom is 0.110 e. The van der Waals surface area contributed by atoms with E-state index in [-0.39, 0.29) is 0 Å². The molecule has 3 nitrogen and oxygen atoms in total. The summed E-state index contributed by atoms with van der Waals surface area (Å²) in [5.74, 6) is 0. The number of nitrogens with zero attached hydrogens (tertiary/aromatic N) is 1. The zero-order valence-corrected chi connectivity index (χ0v) is 9.46. The van der Waals surface area contributed by atoms with Crippen LogP contribution in [0.15, 0.2) is 23.5 Å². The molecule has 1 aliphatic rings. The minimum absolute atomic E-state index is 0.671. The number of hydrogen-bond acceptors (Lipinski definition) is 3. The topological polar surface area (TPSA) is 24.5 Å². The van der Waals surface area contributed by atoms with Crippen molar-refractivity contribution in [2.45, 2.75) is 0 Å². The molecular formula is C8H13IN2O. The Balaban J connectivity index is 2.62. The van der Waals surface area contributed by atoms with Gasteiger partial charge in [0.05, 0.1) is 13.2 Å². The van der Waals surface area contributed by atoms with Crippen LogP contribution in [0, 0.1) is 0 Å².